The topological polar surface area (TPSA) is 124 Å². The molecule has 0 saturated heterocycles. The van der Waals surface area contributed by atoms with Gasteiger partial charge in [-0.1, -0.05) is 12.1 Å². The van der Waals surface area contributed by atoms with Gasteiger partial charge in [0.05, 0.1) is 4.90 Å². The lowest BCUT2D eigenvalue weighted by Crippen LogP contribution is -2.27. The van der Waals surface area contributed by atoms with Gasteiger partial charge in [0.15, 0.2) is 5.69 Å². The SMILES string of the molecule is Cc1cc(=O)c(C(=O)Nc2ccc(S(N)(=O)=O)cc2)nn1-c1ccccc1F. The molecule has 28 heavy (non-hydrogen) atoms. The summed E-state index contributed by atoms with van der Waals surface area (Å²) in [7, 11) is -3.87. The lowest BCUT2D eigenvalue weighted by Gasteiger charge is -2.12. The second kappa shape index (κ2) is 7.33. The molecule has 1 aromatic heterocycles. The maximum absolute atomic E-state index is 14.1. The van der Waals surface area contributed by atoms with Crippen molar-refractivity contribution < 1.29 is 17.6 Å². The molecule has 0 aliphatic rings. The summed E-state index contributed by atoms with van der Waals surface area (Å²) in [6, 6.07) is 12.1. The van der Waals surface area contributed by atoms with Crippen LogP contribution in [-0.4, -0.2) is 24.1 Å². The van der Waals surface area contributed by atoms with E-state index < -0.39 is 32.9 Å². The van der Waals surface area contributed by atoms with E-state index in [1.165, 1.54) is 48.5 Å². The van der Waals surface area contributed by atoms with Gasteiger partial charge in [0.1, 0.15) is 11.5 Å². The van der Waals surface area contributed by atoms with Crippen molar-refractivity contribution in [3.8, 4) is 5.69 Å². The van der Waals surface area contributed by atoms with E-state index in [-0.39, 0.29) is 16.3 Å². The summed E-state index contributed by atoms with van der Waals surface area (Å²) >= 11 is 0. The lowest BCUT2D eigenvalue weighted by molar-refractivity contribution is 0.101. The molecule has 0 atom stereocenters. The number of nitrogens with zero attached hydrogens (tertiary/aromatic N) is 2. The molecule has 3 aromatic rings. The van der Waals surface area contributed by atoms with Crippen molar-refractivity contribution in [1.29, 1.82) is 0 Å². The van der Waals surface area contributed by atoms with Crippen molar-refractivity contribution >= 4 is 21.6 Å². The van der Waals surface area contributed by atoms with Crippen molar-refractivity contribution in [3.63, 3.8) is 0 Å². The van der Waals surface area contributed by atoms with E-state index in [2.05, 4.69) is 10.4 Å². The number of hydrogen-bond donors (Lipinski definition) is 2. The number of aryl methyl sites for hydroxylation is 1. The molecular formula is C18H15FN4O4S. The molecule has 0 radical (unpaired) electrons. The van der Waals surface area contributed by atoms with Gasteiger partial charge < -0.3 is 5.32 Å². The second-order valence-corrected chi connectivity index (χ2v) is 7.45. The summed E-state index contributed by atoms with van der Waals surface area (Å²) in [5.74, 6) is -1.38. The van der Waals surface area contributed by atoms with Crippen molar-refractivity contribution in [2.75, 3.05) is 5.32 Å². The van der Waals surface area contributed by atoms with Gasteiger partial charge in [-0.05, 0) is 43.3 Å². The molecule has 0 bridgehead atoms. The number of aromatic nitrogens is 2. The van der Waals surface area contributed by atoms with Crippen molar-refractivity contribution in [2.24, 2.45) is 5.14 Å². The average molecular weight is 402 g/mol. The number of anilines is 1. The Morgan fingerprint density at radius 2 is 1.79 bits per heavy atom. The van der Waals surface area contributed by atoms with Crippen LogP contribution in [0, 0.1) is 12.7 Å². The van der Waals surface area contributed by atoms with Crippen molar-refractivity contribution in [3.05, 3.63) is 82.0 Å². The lowest BCUT2D eigenvalue weighted by atomic mass is 10.2. The van der Waals surface area contributed by atoms with Gasteiger partial charge >= 0.3 is 0 Å². The Labute approximate surface area is 159 Å². The fourth-order valence-electron chi connectivity index (χ4n) is 2.49. The van der Waals surface area contributed by atoms with Crippen molar-refractivity contribution in [1.82, 2.24) is 9.78 Å². The monoisotopic (exact) mass is 402 g/mol. The van der Waals surface area contributed by atoms with Gasteiger partial charge in [0.2, 0.25) is 15.5 Å². The minimum Gasteiger partial charge on any atom is -0.320 e. The van der Waals surface area contributed by atoms with E-state index >= 15 is 0 Å². The number of para-hydroxylation sites is 1. The van der Waals surface area contributed by atoms with Crippen molar-refractivity contribution in [2.45, 2.75) is 11.8 Å². The summed E-state index contributed by atoms with van der Waals surface area (Å²) in [4.78, 5) is 24.5. The van der Waals surface area contributed by atoms with Crippen LogP contribution < -0.4 is 15.9 Å². The highest BCUT2D eigenvalue weighted by Crippen LogP contribution is 2.15. The Hall–Kier alpha value is -3.37. The van der Waals surface area contributed by atoms with E-state index in [0.717, 1.165) is 4.68 Å². The van der Waals surface area contributed by atoms with E-state index in [1.54, 1.807) is 13.0 Å². The quantitative estimate of drug-likeness (QED) is 0.686. The number of rotatable bonds is 4. The molecule has 0 aliphatic carbocycles. The number of sulfonamides is 1. The summed E-state index contributed by atoms with van der Waals surface area (Å²) in [5.41, 5.74) is -0.402. The summed E-state index contributed by atoms with van der Waals surface area (Å²) in [5, 5.41) is 11.5. The van der Waals surface area contributed by atoms with Crippen LogP contribution in [0.25, 0.3) is 5.69 Å². The number of halogens is 1. The third-order valence-corrected chi connectivity index (χ3v) is 4.77. The summed E-state index contributed by atoms with van der Waals surface area (Å²) < 4.78 is 37.8. The molecule has 0 fully saturated rings. The first kappa shape index (κ1) is 19.4. The normalized spacial score (nSPS) is 11.2. The third kappa shape index (κ3) is 3.97. The average Bonchev–Trinajstić information content (AvgIpc) is 2.62. The zero-order valence-electron chi connectivity index (χ0n) is 14.6. The standard InChI is InChI=1S/C18H15FN4O4S/c1-11-10-16(24)17(22-23(11)15-5-3-2-4-14(15)19)18(25)21-12-6-8-13(9-7-12)28(20,26)27/h2-10H,1H3,(H,21,25)(H2,20,26,27). The number of primary sulfonamides is 1. The van der Waals surface area contributed by atoms with Crippen LogP contribution in [0.1, 0.15) is 16.2 Å². The van der Waals surface area contributed by atoms with E-state index in [0.29, 0.717) is 5.69 Å². The molecule has 0 aliphatic heterocycles. The molecule has 0 spiro atoms. The first-order valence-electron chi connectivity index (χ1n) is 7.97. The molecular weight excluding hydrogens is 387 g/mol. The van der Waals surface area contributed by atoms with Crippen LogP contribution in [0.2, 0.25) is 0 Å². The molecule has 2 aromatic carbocycles. The zero-order valence-corrected chi connectivity index (χ0v) is 15.4. The molecule has 8 nitrogen and oxygen atoms in total. The Morgan fingerprint density at radius 3 is 2.39 bits per heavy atom. The zero-order chi connectivity index (χ0) is 20.5. The van der Waals surface area contributed by atoms with Crippen LogP contribution in [0.4, 0.5) is 10.1 Å². The highest BCUT2D eigenvalue weighted by molar-refractivity contribution is 7.89. The molecule has 0 saturated carbocycles. The number of hydrogen-bond acceptors (Lipinski definition) is 5. The molecule has 0 unspecified atom stereocenters. The van der Waals surface area contributed by atoms with Crippen LogP contribution in [-0.2, 0) is 10.0 Å². The Balaban J connectivity index is 1.95. The maximum atomic E-state index is 14.1. The van der Waals surface area contributed by atoms with Gasteiger partial charge in [-0.25, -0.2) is 22.6 Å². The predicted octanol–water partition coefficient (Wildman–Crippen LogP) is 1.58. The Bertz CT molecular complexity index is 1220. The highest BCUT2D eigenvalue weighted by Gasteiger charge is 2.17. The summed E-state index contributed by atoms with van der Waals surface area (Å²) in [6.07, 6.45) is 0. The fraction of sp³-hybridized carbons (Fsp3) is 0.0556. The Morgan fingerprint density at radius 1 is 1.14 bits per heavy atom. The molecule has 1 heterocycles. The van der Waals surface area contributed by atoms with E-state index in [4.69, 9.17) is 5.14 Å². The van der Waals surface area contributed by atoms with E-state index in [9.17, 15) is 22.4 Å². The highest BCUT2D eigenvalue weighted by atomic mass is 32.2. The fourth-order valence-corrected chi connectivity index (χ4v) is 3.01. The van der Waals surface area contributed by atoms with Crippen LogP contribution in [0.15, 0.2) is 64.3 Å². The van der Waals surface area contributed by atoms with Crippen LogP contribution >= 0.6 is 0 Å². The summed E-state index contributed by atoms with van der Waals surface area (Å²) in [6.45, 7) is 1.56. The largest absolute Gasteiger partial charge is 0.320 e. The number of nitrogens with two attached hydrogens (primary N) is 1. The first-order valence-corrected chi connectivity index (χ1v) is 9.51. The van der Waals surface area contributed by atoms with Crippen LogP contribution in [0.5, 0.6) is 0 Å². The molecule has 144 valence electrons. The molecule has 10 heteroatoms. The van der Waals surface area contributed by atoms with Gasteiger partial charge in [0.25, 0.3) is 5.91 Å². The predicted molar refractivity (Wildman–Crippen MR) is 100 cm³/mol. The minimum absolute atomic E-state index is 0.0894. The first-order chi connectivity index (χ1) is 13.2. The maximum Gasteiger partial charge on any atom is 0.280 e. The molecule has 1 amide bonds. The van der Waals surface area contributed by atoms with Gasteiger partial charge in [-0.3, -0.25) is 9.59 Å². The number of benzene rings is 2. The Kier molecular flexibility index (Phi) is 5.08. The van der Waals surface area contributed by atoms with Gasteiger partial charge in [0, 0.05) is 17.4 Å². The van der Waals surface area contributed by atoms with Gasteiger partial charge in [-0.2, -0.15) is 5.10 Å². The third-order valence-electron chi connectivity index (χ3n) is 3.84. The van der Waals surface area contributed by atoms with Crippen LogP contribution in [0.3, 0.4) is 0 Å². The number of carbonyl (C=O) groups excluding carboxylic acids is 1. The molecule has 3 N–H and O–H groups in total. The van der Waals surface area contributed by atoms with Gasteiger partial charge in [-0.15, -0.1) is 0 Å². The second-order valence-electron chi connectivity index (χ2n) is 5.89. The minimum atomic E-state index is -3.87. The smallest absolute Gasteiger partial charge is 0.280 e. The number of carbonyl (C=O) groups is 1. The number of amides is 1. The number of nitrogens with one attached hydrogen (secondary N) is 1. The van der Waals surface area contributed by atoms with E-state index in [1.807, 2.05) is 0 Å². The molecule has 3 rings (SSSR count).